The van der Waals surface area contributed by atoms with Gasteiger partial charge in [0.25, 0.3) is 0 Å². The summed E-state index contributed by atoms with van der Waals surface area (Å²) in [5.74, 6) is -0.371. The lowest BCUT2D eigenvalue weighted by Crippen LogP contribution is -2.18. The Hall–Kier alpha value is -1.10. The maximum Gasteiger partial charge on any atom is 0.357 e. The van der Waals surface area contributed by atoms with E-state index in [9.17, 15) is 4.79 Å². The van der Waals surface area contributed by atoms with Crippen molar-refractivity contribution in [2.75, 3.05) is 25.6 Å². The molecular weight excluding hydrogens is 224 g/mol. The Morgan fingerprint density at radius 3 is 2.94 bits per heavy atom. The van der Waals surface area contributed by atoms with Crippen LogP contribution in [-0.2, 0) is 4.74 Å². The third kappa shape index (κ3) is 3.48. The van der Waals surface area contributed by atoms with Gasteiger partial charge in [0.05, 0.1) is 7.11 Å². The highest BCUT2D eigenvalue weighted by Gasteiger charge is 2.12. The number of carbonyl (C=O) groups excluding carboxylic acids is 1. The molecule has 1 aromatic rings. The second-order valence-electron chi connectivity index (χ2n) is 3.64. The first-order chi connectivity index (χ1) is 7.69. The van der Waals surface area contributed by atoms with E-state index in [1.807, 2.05) is 7.05 Å². The second kappa shape index (κ2) is 6.48. The quantitative estimate of drug-likeness (QED) is 0.568. The Labute approximate surface area is 100 Å². The van der Waals surface area contributed by atoms with Gasteiger partial charge >= 0.3 is 5.97 Å². The summed E-state index contributed by atoms with van der Waals surface area (Å²) < 4.78 is 4.61. The standard InChI is InChI=1S/C11H18N2O2S/c1-4-5-6-7-13(2)11-12-9(8-16-11)10(14)15-3/h8H,4-7H2,1-3H3. The molecule has 1 aromatic heterocycles. The molecule has 0 atom stereocenters. The summed E-state index contributed by atoms with van der Waals surface area (Å²) in [6.45, 7) is 3.15. The fraction of sp³-hybridized carbons (Fsp3) is 0.636. The molecule has 16 heavy (non-hydrogen) atoms. The lowest BCUT2D eigenvalue weighted by atomic mass is 10.2. The van der Waals surface area contributed by atoms with Gasteiger partial charge in [-0.15, -0.1) is 11.3 Å². The first-order valence-corrected chi connectivity index (χ1v) is 6.32. The van der Waals surface area contributed by atoms with E-state index >= 15 is 0 Å². The van der Waals surface area contributed by atoms with Crippen LogP contribution < -0.4 is 4.90 Å². The van der Waals surface area contributed by atoms with Crippen LogP contribution in [0, 0.1) is 0 Å². The minimum absolute atomic E-state index is 0.371. The third-order valence-corrected chi connectivity index (χ3v) is 3.27. The molecule has 0 aromatic carbocycles. The van der Waals surface area contributed by atoms with E-state index in [0.29, 0.717) is 5.69 Å². The molecule has 0 saturated carbocycles. The Bertz CT molecular complexity index is 338. The van der Waals surface area contributed by atoms with Crippen molar-refractivity contribution in [2.24, 2.45) is 0 Å². The van der Waals surface area contributed by atoms with Gasteiger partial charge < -0.3 is 9.64 Å². The van der Waals surface area contributed by atoms with Crippen molar-refractivity contribution < 1.29 is 9.53 Å². The van der Waals surface area contributed by atoms with Crippen LogP contribution in [0.15, 0.2) is 5.38 Å². The predicted molar refractivity (Wildman–Crippen MR) is 66.2 cm³/mol. The molecule has 4 nitrogen and oxygen atoms in total. The summed E-state index contributed by atoms with van der Waals surface area (Å²) >= 11 is 1.47. The van der Waals surface area contributed by atoms with E-state index in [1.54, 1.807) is 5.38 Å². The lowest BCUT2D eigenvalue weighted by Gasteiger charge is -2.14. The monoisotopic (exact) mass is 242 g/mol. The van der Waals surface area contributed by atoms with Gasteiger partial charge in [0, 0.05) is 19.0 Å². The third-order valence-electron chi connectivity index (χ3n) is 2.31. The highest BCUT2D eigenvalue weighted by Crippen LogP contribution is 2.20. The number of thiazole rings is 1. The number of methoxy groups -OCH3 is 1. The minimum atomic E-state index is -0.371. The van der Waals surface area contributed by atoms with Crippen LogP contribution in [0.2, 0.25) is 0 Å². The maximum absolute atomic E-state index is 11.2. The highest BCUT2D eigenvalue weighted by molar-refractivity contribution is 7.13. The van der Waals surface area contributed by atoms with Crippen molar-refractivity contribution in [3.05, 3.63) is 11.1 Å². The zero-order chi connectivity index (χ0) is 12.0. The fourth-order valence-corrected chi connectivity index (χ4v) is 2.12. The molecule has 0 saturated heterocycles. The lowest BCUT2D eigenvalue weighted by molar-refractivity contribution is 0.0595. The second-order valence-corrected chi connectivity index (χ2v) is 4.47. The molecule has 0 amide bonds. The number of carbonyl (C=O) groups is 1. The van der Waals surface area contributed by atoms with Crippen molar-refractivity contribution in [1.29, 1.82) is 0 Å². The van der Waals surface area contributed by atoms with E-state index < -0.39 is 0 Å². The Balaban J connectivity index is 2.52. The summed E-state index contributed by atoms with van der Waals surface area (Å²) in [6.07, 6.45) is 3.58. The minimum Gasteiger partial charge on any atom is -0.464 e. The van der Waals surface area contributed by atoms with Gasteiger partial charge in [0.2, 0.25) is 0 Å². The van der Waals surface area contributed by atoms with Gasteiger partial charge in [-0.3, -0.25) is 0 Å². The number of esters is 1. The van der Waals surface area contributed by atoms with Crippen LogP contribution >= 0.6 is 11.3 Å². The molecule has 0 fully saturated rings. The number of aromatic nitrogens is 1. The molecule has 90 valence electrons. The van der Waals surface area contributed by atoms with Crippen molar-refractivity contribution in [2.45, 2.75) is 26.2 Å². The number of anilines is 1. The van der Waals surface area contributed by atoms with E-state index in [0.717, 1.165) is 18.1 Å². The van der Waals surface area contributed by atoms with E-state index in [1.165, 1.54) is 31.3 Å². The predicted octanol–water partition coefficient (Wildman–Crippen LogP) is 2.56. The average molecular weight is 242 g/mol. The molecule has 0 unspecified atom stereocenters. The van der Waals surface area contributed by atoms with Gasteiger partial charge in [-0.1, -0.05) is 19.8 Å². The van der Waals surface area contributed by atoms with Crippen molar-refractivity contribution >= 4 is 22.4 Å². The van der Waals surface area contributed by atoms with Gasteiger partial charge in [0.15, 0.2) is 10.8 Å². The zero-order valence-corrected chi connectivity index (χ0v) is 10.8. The van der Waals surface area contributed by atoms with Crippen molar-refractivity contribution in [1.82, 2.24) is 4.98 Å². The Kier molecular flexibility index (Phi) is 5.25. The van der Waals surface area contributed by atoms with E-state index in [-0.39, 0.29) is 5.97 Å². The first-order valence-electron chi connectivity index (χ1n) is 5.44. The number of nitrogens with zero attached hydrogens (tertiary/aromatic N) is 2. The molecule has 1 rings (SSSR count). The van der Waals surface area contributed by atoms with Gasteiger partial charge in [-0.2, -0.15) is 0 Å². The molecule has 0 bridgehead atoms. The zero-order valence-electron chi connectivity index (χ0n) is 10.0. The number of hydrogen-bond acceptors (Lipinski definition) is 5. The molecule has 0 aliphatic heterocycles. The number of ether oxygens (including phenoxy) is 1. The molecule has 0 aliphatic carbocycles. The fourth-order valence-electron chi connectivity index (χ4n) is 1.33. The molecule has 5 heteroatoms. The van der Waals surface area contributed by atoms with Crippen LogP contribution in [0.25, 0.3) is 0 Å². The van der Waals surface area contributed by atoms with Crippen LogP contribution in [0.5, 0.6) is 0 Å². The number of unbranched alkanes of at least 4 members (excludes halogenated alkanes) is 2. The summed E-state index contributed by atoms with van der Waals surface area (Å²) in [5.41, 5.74) is 0.393. The Morgan fingerprint density at radius 2 is 2.31 bits per heavy atom. The maximum atomic E-state index is 11.2. The summed E-state index contributed by atoms with van der Waals surface area (Å²) in [6, 6.07) is 0. The van der Waals surface area contributed by atoms with Gasteiger partial charge in [-0.05, 0) is 6.42 Å². The molecule has 1 heterocycles. The largest absolute Gasteiger partial charge is 0.464 e. The van der Waals surface area contributed by atoms with Gasteiger partial charge in [-0.25, -0.2) is 9.78 Å². The van der Waals surface area contributed by atoms with Crippen LogP contribution in [0.1, 0.15) is 36.7 Å². The number of hydrogen-bond donors (Lipinski definition) is 0. The SMILES string of the molecule is CCCCCN(C)c1nc(C(=O)OC)cs1. The summed E-state index contributed by atoms with van der Waals surface area (Å²) in [7, 11) is 3.36. The molecular formula is C11H18N2O2S. The topological polar surface area (TPSA) is 42.4 Å². The van der Waals surface area contributed by atoms with Crippen molar-refractivity contribution in [3.8, 4) is 0 Å². The molecule has 0 aliphatic rings. The summed E-state index contributed by atoms with van der Waals surface area (Å²) in [5, 5.41) is 2.61. The van der Waals surface area contributed by atoms with Gasteiger partial charge in [0.1, 0.15) is 0 Å². The Morgan fingerprint density at radius 1 is 1.56 bits per heavy atom. The number of rotatable bonds is 6. The molecule has 0 spiro atoms. The van der Waals surface area contributed by atoms with Crippen LogP contribution in [0.4, 0.5) is 5.13 Å². The first kappa shape index (κ1) is 13.0. The van der Waals surface area contributed by atoms with Crippen LogP contribution in [0.3, 0.4) is 0 Å². The van der Waals surface area contributed by atoms with E-state index in [2.05, 4.69) is 21.5 Å². The highest BCUT2D eigenvalue weighted by atomic mass is 32.1. The molecule has 0 N–H and O–H groups in total. The van der Waals surface area contributed by atoms with Crippen LogP contribution in [-0.4, -0.2) is 31.7 Å². The summed E-state index contributed by atoms with van der Waals surface area (Å²) in [4.78, 5) is 17.5. The average Bonchev–Trinajstić information content (AvgIpc) is 2.77. The molecule has 0 radical (unpaired) electrons. The van der Waals surface area contributed by atoms with Crippen molar-refractivity contribution in [3.63, 3.8) is 0 Å². The normalized spacial score (nSPS) is 10.2. The smallest absolute Gasteiger partial charge is 0.357 e. The van der Waals surface area contributed by atoms with E-state index in [4.69, 9.17) is 0 Å².